The molecular weight excluding hydrogens is 252 g/mol. The lowest BCUT2D eigenvalue weighted by Crippen LogP contribution is -2.52. The quantitative estimate of drug-likeness (QED) is 0.775. The molecule has 1 aliphatic heterocycles. The van der Waals surface area contributed by atoms with Gasteiger partial charge in [0.15, 0.2) is 0 Å². The van der Waals surface area contributed by atoms with Crippen molar-refractivity contribution in [1.82, 2.24) is 14.8 Å². The number of nitrogen functional groups attached to an aromatic ring is 1. The van der Waals surface area contributed by atoms with Gasteiger partial charge in [-0.2, -0.15) is 0 Å². The molecule has 1 unspecified atom stereocenters. The molecule has 18 heavy (non-hydrogen) atoms. The predicted octanol–water partition coefficient (Wildman–Crippen LogP) is 1.09. The van der Waals surface area contributed by atoms with E-state index < -0.39 is 0 Å². The first-order valence-electron chi connectivity index (χ1n) is 5.89. The molecule has 1 saturated heterocycles. The lowest BCUT2D eigenvalue weighted by Gasteiger charge is -2.38. The number of anilines is 1. The Balaban J connectivity index is 2.23. The van der Waals surface area contributed by atoms with E-state index >= 15 is 0 Å². The molecule has 1 aromatic heterocycles. The average Bonchev–Trinajstić information content (AvgIpc) is 2.31. The minimum atomic E-state index is -0.0719. The Morgan fingerprint density at radius 3 is 2.94 bits per heavy atom. The zero-order valence-corrected chi connectivity index (χ0v) is 11.3. The summed E-state index contributed by atoms with van der Waals surface area (Å²) in [6, 6.07) is 1.70. The van der Waals surface area contributed by atoms with Crippen molar-refractivity contribution in [1.29, 1.82) is 0 Å². The topological polar surface area (TPSA) is 62.5 Å². The van der Waals surface area contributed by atoms with E-state index in [2.05, 4.69) is 16.9 Å². The predicted molar refractivity (Wildman–Crippen MR) is 71.7 cm³/mol. The number of piperazine rings is 1. The van der Waals surface area contributed by atoms with Crippen LogP contribution in [0, 0.1) is 0 Å². The Labute approximate surface area is 112 Å². The summed E-state index contributed by atoms with van der Waals surface area (Å²) >= 11 is 5.81. The maximum absolute atomic E-state index is 12.4. The fourth-order valence-electron chi connectivity index (χ4n) is 2.22. The van der Waals surface area contributed by atoms with Crippen LogP contribution in [0.25, 0.3) is 0 Å². The molecule has 1 aliphatic rings. The number of likely N-dealkylation sites (N-methyl/N-ethyl adjacent to an activating group) is 1. The van der Waals surface area contributed by atoms with Crippen molar-refractivity contribution in [3.8, 4) is 0 Å². The largest absolute Gasteiger partial charge is 0.397 e. The summed E-state index contributed by atoms with van der Waals surface area (Å²) in [6.07, 6.45) is 1.43. The molecule has 0 saturated carbocycles. The monoisotopic (exact) mass is 268 g/mol. The van der Waals surface area contributed by atoms with E-state index in [0.29, 0.717) is 17.8 Å². The molecule has 0 bridgehead atoms. The van der Waals surface area contributed by atoms with Crippen molar-refractivity contribution in [3.63, 3.8) is 0 Å². The lowest BCUT2D eigenvalue weighted by molar-refractivity contribution is 0.0534. The Morgan fingerprint density at radius 1 is 1.56 bits per heavy atom. The van der Waals surface area contributed by atoms with Crippen molar-refractivity contribution in [2.45, 2.75) is 13.0 Å². The number of carbonyl (C=O) groups excluding carboxylic acids is 1. The lowest BCUT2D eigenvalue weighted by atomic mass is 10.1. The van der Waals surface area contributed by atoms with Crippen molar-refractivity contribution in [3.05, 3.63) is 23.0 Å². The molecule has 2 N–H and O–H groups in total. The summed E-state index contributed by atoms with van der Waals surface area (Å²) < 4.78 is 0. The normalized spacial score (nSPS) is 21.1. The van der Waals surface area contributed by atoms with Crippen LogP contribution in [0.1, 0.15) is 17.3 Å². The summed E-state index contributed by atoms with van der Waals surface area (Å²) in [6.45, 7) is 4.47. The van der Waals surface area contributed by atoms with E-state index in [-0.39, 0.29) is 17.1 Å². The summed E-state index contributed by atoms with van der Waals surface area (Å²) in [4.78, 5) is 20.3. The minimum absolute atomic E-state index is 0.0719. The van der Waals surface area contributed by atoms with Gasteiger partial charge in [0.2, 0.25) is 0 Å². The van der Waals surface area contributed by atoms with Gasteiger partial charge in [-0.05, 0) is 20.0 Å². The second-order valence-corrected chi connectivity index (χ2v) is 5.09. The first-order valence-corrected chi connectivity index (χ1v) is 6.27. The second kappa shape index (κ2) is 5.12. The summed E-state index contributed by atoms with van der Waals surface area (Å²) in [5, 5.41) is 0.286. The Morgan fingerprint density at radius 2 is 2.28 bits per heavy atom. The molecule has 6 heteroatoms. The molecule has 0 radical (unpaired) electrons. The summed E-state index contributed by atoms with van der Waals surface area (Å²) in [5.74, 6) is -0.0719. The number of carbonyl (C=O) groups is 1. The number of rotatable bonds is 1. The van der Waals surface area contributed by atoms with Gasteiger partial charge < -0.3 is 15.5 Å². The fourth-order valence-corrected chi connectivity index (χ4v) is 2.38. The maximum Gasteiger partial charge on any atom is 0.256 e. The number of pyridine rings is 1. The third-order valence-electron chi connectivity index (χ3n) is 3.22. The number of halogens is 1. The van der Waals surface area contributed by atoms with Gasteiger partial charge in [0.25, 0.3) is 5.91 Å². The molecule has 5 nitrogen and oxygen atoms in total. The van der Waals surface area contributed by atoms with Gasteiger partial charge in [-0.1, -0.05) is 11.6 Å². The van der Waals surface area contributed by atoms with Crippen LogP contribution in [-0.2, 0) is 0 Å². The SMILES string of the molecule is CC1CN(C)CCN1C(=O)c1cc(Cl)ncc1N. The zero-order chi connectivity index (χ0) is 13.3. The Bertz CT molecular complexity index is 465. The van der Waals surface area contributed by atoms with Crippen LogP contribution >= 0.6 is 11.6 Å². The highest BCUT2D eigenvalue weighted by atomic mass is 35.5. The smallest absolute Gasteiger partial charge is 0.256 e. The molecule has 1 atom stereocenters. The van der Waals surface area contributed by atoms with Gasteiger partial charge in [0.1, 0.15) is 5.15 Å². The number of amides is 1. The molecule has 1 amide bonds. The van der Waals surface area contributed by atoms with Crippen LogP contribution in [0.3, 0.4) is 0 Å². The fraction of sp³-hybridized carbons (Fsp3) is 0.500. The molecule has 0 aromatic carbocycles. The van der Waals surface area contributed by atoms with Gasteiger partial charge in [0.05, 0.1) is 17.4 Å². The number of aromatic nitrogens is 1. The van der Waals surface area contributed by atoms with Gasteiger partial charge in [-0.3, -0.25) is 4.79 Å². The van der Waals surface area contributed by atoms with Gasteiger partial charge in [-0.15, -0.1) is 0 Å². The molecule has 1 aromatic rings. The highest BCUT2D eigenvalue weighted by Crippen LogP contribution is 2.19. The van der Waals surface area contributed by atoms with Crippen LogP contribution in [0.4, 0.5) is 5.69 Å². The molecule has 98 valence electrons. The van der Waals surface area contributed by atoms with Crippen LogP contribution in [0.15, 0.2) is 12.3 Å². The first kappa shape index (κ1) is 13.1. The van der Waals surface area contributed by atoms with Crippen molar-refractivity contribution < 1.29 is 4.79 Å². The van der Waals surface area contributed by atoms with Crippen molar-refractivity contribution in [2.24, 2.45) is 0 Å². The van der Waals surface area contributed by atoms with Crippen molar-refractivity contribution in [2.75, 3.05) is 32.4 Å². The molecule has 0 spiro atoms. The highest BCUT2D eigenvalue weighted by Gasteiger charge is 2.27. The highest BCUT2D eigenvalue weighted by molar-refractivity contribution is 6.29. The average molecular weight is 269 g/mol. The van der Waals surface area contributed by atoms with E-state index in [1.807, 2.05) is 11.8 Å². The first-order chi connectivity index (χ1) is 8.49. The van der Waals surface area contributed by atoms with E-state index in [9.17, 15) is 4.79 Å². The molecule has 0 aliphatic carbocycles. The van der Waals surface area contributed by atoms with E-state index in [4.69, 9.17) is 17.3 Å². The van der Waals surface area contributed by atoms with Gasteiger partial charge in [-0.25, -0.2) is 4.98 Å². The van der Waals surface area contributed by atoms with Gasteiger partial charge in [0, 0.05) is 25.7 Å². The maximum atomic E-state index is 12.4. The van der Waals surface area contributed by atoms with E-state index in [0.717, 1.165) is 13.1 Å². The van der Waals surface area contributed by atoms with Gasteiger partial charge >= 0.3 is 0 Å². The summed E-state index contributed by atoms with van der Waals surface area (Å²) in [7, 11) is 2.05. The molecule has 2 rings (SSSR count). The minimum Gasteiger partial charge on any atom is -0.397 e. The summed E-state index contributed by atoms with van der Waals surface area (Å²) in [5.41, 5.74) is 6.60. The van der Waals surface area contributed by atoms with Crippen LogP contribution in [-0.4, -0.2) is 53.4 Å². The molecule has 1 fully saturated rings. The third kappa shape index (κ3) is 2.57. The molecule has 2 heterocycles. The van der Waals surface area contributed by atoms with E-state index in [1.54, 1.807) is 0 Å². The second-order valence-electron chi connectivity index (χ2n) is 4.70. The van der Waals surface area contributed by atoms with Crippen molar-refractivity contribution >= 4 is 23.2 Å². The standard InChI is InChI=1S/C12H17ClN4O/c1-8-7-16(2)3-4-17(8)12(18)9-5-11(13)15-6-10(9)14/h5-6,8H,3-4,7,14H2,1-2H3. The number of nitrogens with zero attached hydrogens (tertiary/aromatic N) is 3. The van der Waals surface area contributed by atoms with Crippen LogP contribution in [0.2, 0.25) is 5.15 Å². The Hall–Kier alpha value is -1.33. The number of hydrogen-bond donors (Lipinski definition) is 1. The van der Waals surface area contributed by atoms with E-state index in [1.165, 1.54) is 12.3 Å². The number of hydrogen-bond acceptors (Lipinski definition) is 4. The van der Waals surface area contributed by atoms with Crippen LogP contribution < -0.4 is 5.73 Å². The zero-order valence-electron chi connectivity index (χ0n) is 10.6. The third-order valence-corrected chi connectivity index (χ3v) is 3.43. The van der Waals surface area contributed by atoms with Crippen LogP contribution in [0.5, 0.6) is 0 Å². The molecular formula is C12H17ClN4O. The Kier molecular flexibility index (Phi) is 3.73. The number of nitrogens with two attached hydrogens (primary N) is 1.